The Morgan fingerprint density at radius 2 is 1.25 bits per heavy atom. The van der Waals surface area contributed by atoms with Gasteiger partial charge in [0.2, 0.25) is 0 Å². The molecule has 2 atom stereocenters. The molecule has 0 bridgehead atoms. The molecule has 0 saturated heterocycles. The van der Waals surface area contributed by atoms with E-state index < -0.39 is 24.3 Å². The van der Waals surface area contributed by atoms with Gasteiger partial charge in [-0.05, 0) is 13.8 Å². The van der Waals surface area contributed by atoms with E-state index >= 15 is 0 Å². The van der Waals surface area contributed by atoms with Gasteiger partial charge in [0.25, 0.3) is 0 Å². The first kappa shape index (κ1) is 10.5. The molecule has 6 nitrogen and oxygen atoms in total. The van der Waals surface area contributed by atoms with Crippen LogP contribution in [0.1, 0.15) is 13.8 Å². The lowest BCUT2D eigenvalue weighted by Gasteiger charge is -2.19. The Labute approximate surface area is 69.6 Å². The Kier molecular flexibility index (Phi) is 3.89. The molecule has 0 aliphatic carbocycles. The molecule has 0 aromatic carbocycles. The Morgan fingerprint density at radius 1 is 1.00 bits per heavy atom. The van der Waals surface area contributed by atoms with E-state index in [-0.39, 0.29) is 0 Å². The van der Waals surface area contributed by atoms with E-state index in [2.05, 4.69) is 10.6 Å². The number of amides is 2. The average molecular weight is 176 g/mol. The second-order valence-corrected chi connectivity index (χ2v) is 2.48. The van der Waals surface area contributed by atoms with Crippen molar-refractivity contribution in [3.8, 4) is 0 Å². The van der Waals surface area contributed by atoms with Crippen LogP contribution in [0, 0.1) is 0 Å². The van der Waals surface area contributed by atoms with Gasteiger partial charge in [-0.15, -0.1) is 0 Å². The van der Waals surface area contributed by atoms with E-state index in [1.165, 1.54) is 0 Å². The summed E-state index contributed by atoms with van der Waals surface area (Å²) in [5.74, 6) is 0. The van der Waals surface area contributed by atoms with Gasteiger partial charge >= 0.3 is 12.2 Å². The molecule has 4 N–H and O–H groups in total. The summed E-state index contributed by atoms with van der Waals surface area (Å²) in [6.45, 7) is 3.16. The molecule has 0 rings (SSSR count). The van der Waals surface area contributed by atoms with E-state index in [4.69, 9.17) is 10.2 Å². The standard InChI is InChI=1S/C6H12N2O4/c1-3(7-5(9)10)4(2)8-6(11)12/h3-4,7-8H,1-2H3,(H,9,10)(H,11,12). The van der Waals surface area contributed by atoms with Crippen LogP contribution in [0.3, 0.4) is 0 Å². The Morgan fingerprint density at radius 3 is 1.42 bits per heavy atom. The van der Waals surface area contributed by atoms with Crippen molar-refractivity contribution in [2.75, 3.05) is 0 Å². The zero-order valence-electron chi connectivity index (χ0n) is 6.87. The Bertz CT molecular complexity index is 162. The smallest absolute Gasteiger partial charge is 0.404 e. The number of hydrogen-bond acceptors (Lipinski definition) is 2. The molecule has 70 valence electrons. The van der Waals surface area contributed by atoms with Crippen molar-refractivity contribution in [2.45, 2.75) is 25.9 Å². The summed E-state index contributed by atoms with van der Waals surface area (Å²) in [4.78, 5) is 20.2. The van der Waals surface area contributed by atoms with Crippen LogP contribution in [0.5, 0.6) is 0 Å². The van der Waals surface area contributed by atoms with Crippen molar-refractivity contribution in [3.05, 3.63) is 0 Å². The molecule has 0 radical (unpaired) electrons. The van der Waals surface area contributed by atoms with Crippen molar-refractivity contribution in [2.24, 2.45) is 0 Å². The maximum absolute atomic E-state index is 10.1. The van der Waals surface area contributed by atoms with E-state index in [0.29, 0.717) is 0 Å². The van der Waals surface area contributed by atoms with Crippen molar-refractivity contribution >= 4 is 12.2 Å². The maximum atomic E-state index is 10.1. The predicted octanol–water partition coefficient (Wildman–Crippen LogP) is 0.299. The highest BCUT2D eigenvalue weighted by Gasteiger charge is 2.15. The molecule has 0 saturated carbocycles. The summed E-state index contributed by atoms with van der Waals surface area (Å²) in [6.07, 6.45) is -2.33. The number of carbonyl (C=O) groups is 2. The van der Waals surface area contributed by atoms with Crippen molar-refractivity contribution < 1.29 is 19.8 Å². The van der Waals surface area contributed by atoms with E-state index in [1.807, 2.05) is 0 Å². The number of hydrogen-bond donors (Lipinski definition) is 4. The molecular formula is C6H12N2O4. The fourth-order valence-electron chi connectivity index (χ4n) is 0.640. The molecule has 0 spiro atoms. The summed E-state index contributed by atoms with van der Waals surface area (Å²) in [7, 11) is 0. The molecule has 0 aliphatic heterocycles. The lowest BCUT2D eigenvalue weighted by Crippen LogP contribution is -2.47. The second-order valence-electron chi connectivity index (χ2n) is 2.48. The Hall–Kier alpha value is -1.46. The zero-order chi connectivity index (χ0) is 9.72. The highest BCUT2D eigenvalue weighted by Crippen LogP contribution is 1.90. The van der Waals surface area contributed by atoms with Gasteiger partial charge in [-0.25, -0.2) is 9.59 Å². The van der Waals surface area contributed by atoms with Crippen LogP contribution in [-0.4, -0.2) is 34.5 Å². The minimum absolute atomic E-state index is 0.446. The second kappa shape index (κ2) is 4.42. The van der Waals surface area contributed by atoms with Crippen LogP contribution in [0.25, 0.3) is 0 Å². The quantitative estimate of drug-likeness (QED) is 0.497. The third-order valence-corrected chi connectivity index (χ3v) is 1.45. The predicted molar refractivity (Wildman–Crippen MR) is 41.2 cm³/mol. The number of nitrogens with one attached hydrogen (secondary N) is 2. The van der Waals surface area contributed by atoms with Crippen LogP contribution >= 0.6 is 0 Å². The largest absolute Gasteiger partial charge is 0.465 e. The first-order valence-electron chi connectivity index (χ1n) is 3.42. The highest BCUT2D eigenvalue weighted by atomic mass is 16.4. The minimum atomic E-state index is -1.17. The van der Waals surface area contributed by atoms with Crippen LogP contribution in [0.2, 0.25) is 0 Å². The minimum Gasteiger partial charge on any atom is -0.465 e. The van der Waals surface area contributed by atoms with E-state index in [9.17, 15) is 9.59 Å². The average Bonchev–Trinajstić information content (AvgIpc) is 1.84. The van der Waals surface area contributed by atoms with E-state index in [0.717, 1.165) is 0 Å². The van der Waals surface area contributed by atoms with Gasteiger partial charge in [0, 0.05) is 12.1 Å². The fourth-order valence-corrected chi connectivity index (χ4v) is 0.640. The molecule has 2 unspecified atom stereocenters. The zero-order valence-corrected chi connectivity index (χ0v) is 6.87. The molecule has 2 amide bonds. The lowest BCUT2D eigenvalue weighted by molar-refractivity contribution is 0.178. The van der Waals surface area contributed by atoms with Crippen molar-refractivity contribution in [1.82, 2.24) is 10.6 Å². The monoisotopic (exact) mass is 176 g/mol. The van der Waals surface area contributed by atoms with E-state index in [1.54, 1.807) is 13.8 Å². The number of rotatable bonds is 3. The van der Waals surface area contributed by atoms with Crippen molar-refractivity contribution in [3.63, 3.8) is 0 Å². The van der Waals surface area contributed by atoms with Gasteiger partial charge in [0.1, 0.15) is 0 Å². The van der Waals surface area contributed by atoms with Gasteiger partial charge in [-0.3, -0.25) is 0 Å². The summed E-state index contributed by atoms with van der Waals surface area (Å²) in [5.41, 5.74) is 0. The van der Waals surface area contributed by atoms with Gasteiger partial charge in [-0.2, -0.15) is 0 Å². The Balaban J connectivity index is 3.83. The summed E-state index contributed by atoms with van der Waals surface area (Å²) in [6, 6.07) is -0.891. The molecular weight excluding hydrogens is 164 g/mol. The normalized spacial score (nSPS) is 14.5. The molecule has 0 aliphatic rings. The molecule has 0 aromatic heterocycles. The third kappa shape index (κ3) is 4.37. The maximum Gasteiger partial charge on any atom is 0.404 e. The molecule has 0 fully saturated rings. The molecule has 6 heteroatoms. The van der Waals surface area contributed by atoms with Gasteiger partial charge < -0.3 is 20.8 Å². The summed E-state index contributed by atoms with van der Waals surface area (Å²) >= 11 is 0. The van der Waals surface area contributed by atoms with Gasteiger partial charge in [0.15, 0.2) is 0 Å². The SMILES string of the molecule is CC(NC(=O)O)C(C)NC(=O)O. The highest BCUT2D eigenvalue weighted by molar-refractivity contribution is 5.66. The van der Waals surface area contributed by atoms with Crippen molar-refractivity contribution in [1.29, 1.82) is 0 Å². The van der Waals surface area contributed by atoms with Crippen LogP contribution in [0.15, 0.2) is 0 Å². The summed E-state index contributed by atoms with van der Waals surface area (Å²) in [5, 5.41) is 20.8. The number of carboxylic acid groups (broad SMARTS) is 2. The van der Waals surface area contributed by atoms with Crippen LogP contribution < -0.4 is 10.6 Å². The fraction of sp³-hybridized carbons (Fsp3) is 0.667. The lowest BCUT2D eigenvalue weighted by atomic mass is 10.2. The van der Waals surface area contributed by atoms with Crippen LogP contribution in [-0.2, 0) is 0 Å². The summed E-state index contributed by atoms with van der Waals surface area (Å²) < 4.78 is 0. The first-order valence-corrected chi connectivity index (χ1v) is 3.42. The van der Waals surface area contributed by atoms with Crippen LogP contribution in [0.4, 0.5) is 9.59 Å². The molecule has 0 aromatic rings. The third-order valence-electron chi connectivity index (χ3n) is 1.45. The van der Waals surface area contributed by atoms with Gasteiger partial charge in [-0.1, -0.05) is 0 Å². The topological polar surface area (TPSA) is 98.7 Å². The first-order chi connectivity index (χ1) is 5.43. The molecule has 12 heavy (non-hydrogen) atoms. The van der Waals surface area contributed by atoms with Gasteiger partial charge in [0.05, 0.1) is 0 Å². The molecule has 0 heterocycles.